The third-order valence-electron chi connectivity index (χ3n) is 3.04. The molecule has 4 heteroatoms. The van der Waals surface area contributed by atoms with Gasteiger partial charge in [0.1, 0.15) is 5.82 Å². The van der Waals surface area contributed by atoms with Gasteiger partial charge < -0.3 is 15.2 Å². The average Bonchev–Trinajstić information content (AvgIpc) is 2.65. The molecule has 0 aliphatic rings. The predicted octanol–water partition coefficient (Wildman–Crippen LogP) is 1.85. The Kier molecular flexibility index (Phi) is 3.17. The Morgan fingerprint density at radius 1 is 1.41 bits per heavy atom. The Bertz CT molecular complexity index is 517. The number of aromatic amines is 1. The highest BCUT2D eigenvalue weighted by molar-refractivity contribution is 5.76. The monoisotopic (exact) mass is 234 g/mol. The minimum Gasteiger partial charge on any atom is -0.396 e. The van der Waals surface area contributed by atoms with Gasteiger partial charge >= 0.3 is 0 Å². The van der Waals surface area contributed by atoms with Gasteiger partial charge in [0.25, 0.3) is 0 Å². The molecule has 2 aromatic rings. The lowest BCUT2D eigenvalue weighted by Crippen LogP contribution is -2.21. The van der Waals surface area contributed by atoms with E-state index in [1.54, 1.807) is 6.92 Å². The van der Waals surface area contributed by atoms with Crippen molar-refractivity contribution in [1.29, 1.82) is 0 Å². The van der Waals surface area contributed by atoms with E-state index >= 15 is 0 Å². The molecule has 0 saturated carbocycles. The topological polar surface area (TPSA) is 69.1 Å². The van der Waals surface area contributed by atoms with Crippen molar-refractivity contribution in [2.24, 2.45) is 0 Å². The van der Waals surface area contributed by atoms with Crippen molar-refractivity contribution in [3.8, 4) is 0 Å². The van der Waals surface area contributed by atoms with Crippen LogP contribution in [0.3, 0.4) is 0 Å². The van der Waals surface area contributed by atoms with E-state index in [9.17, 15) is 5.11 Å². The third-order valence-corrected chi connectivity index (χ3v) is 3.04. The van der Waals surface area contributed by atoms with Crippen molar-refractivity contribution in [3.63, 3.8) is 0 Å². The van der Waals surface area contributed by atoms with Gasteiger partial charge in [0.05, 0.1) is 16.6 Å². The summed E-state index contributed by atoms with van der Waals surface area (Å²) >= 11 is 0. The van der Waals surface area contributed by atoms with Crippen LogP contribution >= 0.6 is 0 Å². The van der Waals surface area contributed by atoms with Crippen LogP contribution in [0.4, 0.5) is 0 Å². The second-order valence-corrected chi connectivity index (χ2v) is 4.66. The molecule has 1 heterocycles. The summed E-state index contributed by atoms with van der Waals surface area (Å²) in [4.78, 5) is 7.48. The highest BCUT2D eigenvalue weighted by Crippen LogP contribution is 2.27. The third kappa shape index (κ3) is 2.48. The van der Waals surface area contributed by atoms with Crippen LogP contribution in [-0.2, 0) is 5.60 Å². The van der Waals surface area contributed by atoms with Crippen molar-refractivity contribution >= 4 is 11.0 Å². The van der Waals surface area contributed by atoms with E-state index < -0.39 is 5.60 Å². The fourth-order valence-corrected chi connectivity index (χ4v) is 2.04. The first-order valence-electron chi connectivity index (χ1n) is 5.83. The molecular weight excluding hydrogens is 216 g/mol. The van der Waals surface area contributed by atoms with Crippen LogP contribution in [0.2, 0.25) is 0 Å². The quantitative estimate of drug-likeness (QED) is 0.756. The number of H-pyrrole nitrogens is 1. The maximum absolute atomic E-state index is 10.3. The number of fused-ring (bicyclic) bond motifs is 1. The minimum absolute atomic E-state index is 0.0988. The number of rotatable bonds is 4. The molecule has 2 rings (SSSR count). The van der Waals surface area contributed by atoms with Gasteiger partial charge in [-0.3, -0.25) is 0 Å². The molecule has 0 aliphatic heterocycles. The van der Waals surface area contributed by atoms with Gasteiger partial charge in [0.2, 0.25) is 0 Å². The summed E-state index contributed by atoms with van der Waals surface area (Å²) in [7, 11) is 0. The molecule has 4 nitrogen and oxygen atoms in total. The standard InChI is InChI=1S/C13H18N2O2/c1-9-14-11-5-4-10(8-12(11)15-9)13(2,17)6-3-7-16/h4-5,8,16-17H,3,6-7H2,1-2H3,(H,14,15). The van der Waals surface area contributed by atoms with E-state index in [-0.39, 0.29) is 6.61 Å². The SMILES string of the molecule is Cc1nc2ccc(C(C)(O)CCCO)cc2[nH]1. The molecule has 1 aromatic carbocycles. The highest BCUT2D eigenvalue weighted by Gasteiger charge is 2.22. The largest absolute Gasteiger partial charge is 0.396 e. The van der Waals surface area contributed by atoms with Gasteiger partial charge in [0, 0.05) is 6.61 Å². The normalized spacial score (nSPS) is 15.1. The summed E-state index contributed by atoms with van der Waals surface area (Å²) in [6.07, 6.45) is 1.13. The average molecular weight is 234 g/mol. The zero-order chi connectivity index (χ0) is 12.5. The van der Waals surface area contributed by atoms with Crippen LogP contribution in [0.5, 0.6) is 0 Å². The molecule has 0 saturated heterocycles. The highest BCUT2D eigenvalue weighted by atomic mass is 16.3. The zero-order valence-electron chi connectivity index (χ0n) is 10.2. The molecule has 0 spiro atoms. The van der Waals surface area contributed by atoms with Crippen molar-refractivity contribution in [2.45, 2.75) is 32.3 Å². The molecule has 92 valence electrons. The molecule has 0 radical (unpaired) electrons. The smallest absolute Gasteiger partial charge is 0.104 e. The predicted molar refractivity (Wildman–Crippen MR) is 66.7 cm³/mol. The van der Waals surface area contributed by atoms with E-state index in [2.05, 4.69) is 9.97 Å². The fourth-order valence-electron chi connectivity index (χ4n) is 2.04. The first kappa shape index (κ1) is 12.1. The molecule has 17 heavy (non-hydrogen) atoms. The number of benzene rings is 1. The summed E-state index contributed by atoms with van der Waals surface area (Å²) < 4.78 is 0. The maximum Gasteiger partial charge on any atom is 0.104 e. The van der Waals surface area contributed by atoms with Gasteiger partial charge in [-0.25, -0.2) is 4.98 Å². The molecule has 1 atom stereocenters. The van der Waals surface area contributed by atoms with Gasteiger partial charge in [-0.05, 0) is 44.4 Å². The fraction of sp³-hybridized carbons (Fsp3) is 0.462. The van der Waals surface area contributed by atoms with Crippen LogP contribution in [0, 0.1) is 6.92 Å². The number of aliphatic hydroxyl groups excluding tert-OH is 1. The lowest BCUT2D eigenvalue weighted by atomic mass is 9.91. The summed E-state index contributed by atoms with van der Waals surface area (Å²) in [5.41, 5.74) is 1.78. The molecule has 1 aromatic heterocycles. The van der Waals surface area contributed by atoms with Crippen molar-refractivity contribution in [2.75, 3.05) is 6.61 Å². The van der Waals surface area contributed by atoms with Crippen LogP contribution in [0.15, 0.2) is 18.2 Å². The molecule has 0 fully saturated rings. The van der Waals surface area contributed by atoms with Crippen molar-refractivity contribution in [1.82, 2.24) is 9.97 Å². The van der Waals surface area contributed by atoms with Crippen LogP contribution in [0.25, 0.3) is 11.0 Å². The number of hydrogen-bond acceptors (Lipinski definition) is 3. The van der Waals surface area contributed by atoms with E-state index in [0.717, 1.165) is 22.4 Å². The van der Waals surface area contributed by atoms with E-state index in [0.29, 0.717) is 12.8 Å². The summed E-state index contributed by atoms with van der Waals surface area (Å²) in [6, 6.07) is 5.72. The summed E-state index contributed by atoms with van der Waals surface area (Å²) in [6.45, 7) is 3.78. The minimum atomic E-state index is -0.907. The number of aryl methyl sites for hydroxylation is 1. The Morgan fingerprint density at radius 2 is 2.18 bits per heavy atom. The first-order valence-corrected chi connectivity index (χ1v) is 5.83. The molecule has 0 amide bonds. The van der Waals surface area contributed by atoms with Crippen LogP contribution in [0.1, 0.15) is 31.2 Å². The summed E-state index contributed by atoms with van der Waals surface area (Å²) in [5, 5.41) is 19.2. The van der Waals surface area contributed by atoms with Gasteiger partial charge in [-0.2, -0.15) is 0 Å². The van der Waals surface area contributed by atoms with Crippen molar-refractivity contribution < 1.29 is 10.2 Å². The number of nitrogens with zero attached hydrogens (tertiary/aromatic N) is 1. The van der Waals surface area contributed by atoms with Crippen LogP contribution in [-0.4, -0.2) is 26.8 Å². The lowest BCUT2D eigenvalue weighted by molar-refractivity contribution is 0.0404. The van der Waals surface area contributed by atoms with Gasteiger partial charge in [-0.1, -0.05) is 6.07 Å². The number of aromatic nitrogens is 2. The Hall–Kier alpha value is -1.39. The number of hydrogen-bond donors (Lipinski definition) is 3. The zero-order valence-corrected chi connectivity index (χ0v) is 10.2. The number of aliphatic hydroxyl groups is 2. The Morgan fingerprint density at radius 3 is 2.88 bits per heavy atom. The Balaban J connectivity index is 2.34. The lowest BCUT2D eigenvalue weighted by Gasteiger charge is -2.23. The van der Waals surface area contributed by atoms with Gasteiger partial charge in [-0.15, -0.1) is 0 Å². The van der Waals surface area contributed by atoms with E-state index in [1.165, 1.54) is 0 Å². The second-order valence-electron chi connectivity index (χ2n) is 4.66. The second kappa shape index (κ2) is 4.47. The van der Waals surface area contributed by atoms with E-state index in [1.807, 2.05) is 25.1 Å². The maximum atomic E-state index is 10.3. The van der Waals surface area contributed by atoms with Crippen LogP contribution < -0.4 is 0 Å². The first-order chi connectivity index (χ1) is 8.03. The molecule has 1 unspecified atom stereocenters. The van der Waals surface area contributed by atoms with E-state index in [4.69, 9.17) is 5.11 Å². The molecule has 3 N–H and O–H groups in total. The molecular formula is C13H18N2O2. The molecule has 0 bridgehead atoms. The van der Waals surface area contributed by atoms with Gasteiger partial charge in [0.15, 0.2) is 0 Å². The number of imidazole rings is 1. The Labute approximate surface area is 100 Å². The van der Waals surface area contributed by atoms with Crippen molar-refractivity contribution in [3.05, 3.63) is 29.6 Å². The number of nitrogens with one attached hydrogen (secondary N) is 1. The molecule has 0 aliphatic carbocycles. The summed E-state index contributed by atoms with van der Waals surface area (Å²) in [5.74, 6) is 0.868.